The summed E-state index contributed by atoms with van der Waals surface area (Å²) in [4.78, 5) is 0. The maximum Gasteiger partial charge on any atom is 0.233 e. The minimum absolute atomic E-state index is 0.431. The van der Waals surface area contributed by atoms with E-state index < -0.39 is 5.72 Å². The summed E-state index contributed by atoms with van der Waals surface area (Å²) < 4.78 is 5.18. The first-order valence-electron chi connectivity index (χ1n) is 3.69. The van der Waals surface area contributed by atoms with E-state index in [1.807, 2.05) is 30.3 Å². The summed E-state index contributed by atoms with van der Waals surface area (Å²) in [6.07, 6.45) is 0. The van der Waals surface area contributed by atoms with Gasteiger partial charge in [-0.05, 0) is 5.56 Å². The van der Waals surface area contributed by atoms with Crippen molar-refractivity contribution in [3.05, 3.63) is 35.4 Å². The summed E-state index contributed by atoms with van der Waals surface area (Å²) in [6.45, 7) is 0.431. The van der Waals surface area contributed by atoms with Gasteiger partial charge in [-0.3, -0.25) is 5.73 Å². The lowest BCUT2D eigenvalue weighted by atomic mass is 10.0. The Morgan fingerprint density at radius 1 is 1.50 bits per heavy atom. The lowest BCUT2D eigenvalue weighted by molar-refractivity contribution is 0.0123. The molecule has 0 bridgehead atoms. The number of nitriles is 1. The zero-order valence-corrected chi connectivity index (χ0v) is 6.45. The molecule has 60 valence electrons. The van der Waals surface area contributed by atoms with Gasteiger partial charge in [-0.2, -0.15) is 5.26 Å². The van der Waals surface area contributed by atoms with E-state index in [9.17, 15) is 0 Å². The monoisotopic (exact) mass is 160 g/mol. The molecule has 0 amide bonds. The first kappa shape index (κ1) is 7.29. The molecule has 1 aromatic carbocycles. The van der Waals surface area contributed by atoms with Crippen LogP contribution in [0.15, 0.2) is 24.3 Å². The Balaban J connectivity index is 2.58. The van der Waals surface area contributed by atoms with Crippen molar-refractivity contribution in [3.8, 4) is 6.07 Å². The van der Waals surface area contributed by atoms with E-state index >= 15 is 0 Å². The highest BCUT2D eigenvalue weighted by Crippen LogP contribution is 2.31. The number of ether oxygens (including phenoxy) is 1. The second-order valence-corrected chi connectivity index (χ2v) is 2.79. The minimum Gasteiger partial charge on any atom is -0.339 e. The molecule has 2 rings (SSSR count). The molecule has 1 aliphatic heterocycles. The van der Waals surface area contributed by atoms with Gasteiger partial charge in [-0.25, -0.2) is 0 Å². The van der Waals surface area contributed by atoms with Gasteiger partial charge in [0, 0.05) is 5.56 Å². The number of nitrogens with two attached hydrogens (primary N) is 1. The van der Waals surface area contributed by atoms with Crippen LogP contribution in [0.2, 0.25) is 0 Å². The van der Waals surface area contributed by atoms with Gasteiger partial charge in [0.15, 0.2) is 0 Å². The lowest BCUT2D eigenvalue weighted by Gasteiger charge is -2.13. The molecule has 1 aromatic rings. The molecule has 0 fully saturated rings. The van der Waals surface area contributed by atoms with Crippen LogP contribution in [-0.4, -0.2) is 0 Å². The Kier molecular flexibility index (Phi) is 1.40. The van der Waals surface area contributed by atoms with Crippen LogP contribution in [0.3, 0.4) is 0 Å². The number of nitrogens with zero attached hydrogens (tertiary/aromatic N) is 1. The van der Waals surface area contributed by atoms with Crippen molar-refractivity contribution in [1.29, 1.82) is 5.26 Å². The fourth-order valence-corrected chi connectivity index (χ4v) is 1.37. The van der Waals surface area contributed by atoms with Crippen LogP contribution < -0.4 is 5.73 Å². The Bertz CT molecular complexity index is 356. The zero-order chi connectivity index (χ0) is 8.60. The van der Waals surface area contributed by atoms with E-state index in [2.05, 4.69) is 0 Å². The Morgan fingerprint density at radius 2 is 2.25 bits per heavy atom. The highest BCUT2D eigenvalue weighted by molar-refractivity contribution is 5.38. The van der Waals surface area contributed by atoms with Crippen molar-refractivity contribution in [2.75, 3.05) is 0 Å². The van der Waals surface area contributed by atoms with E-state index in [0.717, 1.165) is 11.1 Å². The molecular weight excluding hydrogens is 152 g/mol. The zero-order valence-electron chi connectivity index (χ0n) is 6.45. The third kappa shape index (κ3) is 0.828. The summed E-state index contributed by atoms with van der Waals surface area (Å²) >= 11 is 0. The topological polar surface area (TPSA) is 59.0 Å². The number of hydrogen-bond acceptors (Lipinski definition) is 3. The van der Waals surface area contributed by atoms with Gasteiger partial charge >= 0.3 is 0 Å². The molecule has 3 heteroatoms. The van der Waals surface area contributed by atoms with Gasteiger partial charge in [0.2, 0.25) is 5.72 Å². The number of hydrogen-bond donors (Lipinski definition) is 1. The second kappa shape index (κ2) is 2.31. The van der Waals surface area contributed by atoms with Crippen LogP contribution in [0, 0.1) is 11.3 Å². The van der Waals surface area contributed by atoms with Crippen molar-refractivity contribution in [2.45, 2.75) is 12.3 Å². The first-order valence-corrected chi connectivity index (χ1v) is 3.69. The van der Waals surface area contributed by atoms with Gasteiger partial charge in [0.25, 0.3) is 0 Å². The molecule has 0 saturated heterocycles. The smallest absolute Gasteiger partial charge is 0.233 e. The van der Waals surface area contributed by atoms with Crippen LogP contribution in [0.5, 0.6) is 0 Å². The molecule has 0 radical (unpaired) electrons. The van der Waals surface area contributed by atoms with E-state index in [1.54, 1.807) is 0 Å². The molecule has 0 spiro atoms. The highest BCUT2D eigenvalue weighted by atomic mass is 16.5. The second-order valence-electron chi connectivity index (χ2n) is 2.79. The molecule has 0 aliphatic carbocycles. The summed E-state index contributed by atoms with van der Waals surface area (Å²) in [7, 11) is 0. The molecule has 12 heavy (non-hydrogen) atoms. The summed E-state index contributed by atoms with van der Waals surface area (Å²) in [6, 6.07) is 9.46. The number of rotatable bonds is 0. The molecule has 1 unspecified atom stereocenters. The Hall–Kier alpha value is -1.37. The highest BCUT2D eigenvalue weighted by Gasteiger charge is 2.35. The lowest BCUT2D eigenvalue weighted by Crippen LogP contribution is -2.33. The fraction of sp³-hybridized carbons (Fsp3) is 0.222. The summed E-state index contributed by atoms with van der Waals surface area (Å²) in [5.74, 6) is 0. The third-order valence-corrected chi connectivity index (χ3v) is 2.04. The molecule has 3 nitrogen and oxygen atoms in total. The summed E-state index contributed by atoms with van der Waals surface area (Å²) in [5.41, 5.74) is 6.25. The predicted molar refractivity (Wildman–Crippen MR) is 42.7 cm³/mol. The molecular formula is C9H8N2O. The molecule has 1 heterocycles. The average molecular weight is 160 g/mol. The third-order valence-electron chi connectivity index (χ3n) is 2.04. The van der Waals surface area contributed by atoms with Crippen molar-refractivity contribution in [2.24, 2.45) is 5.73 Å². The van der Waals surface area contributed by atoms with Crippen LogP contribution in [-0.2, 0) is 17.1 Å². The fourth-order valence-electron chi connectivity index (χ4n) is 1.37. The van der Waals surface area contributed by atoms with Crippen molar-refractivity contribution < 1.29 is 4.74 Å². The van der Waals surface area contributed by atoms with E-state index in [-0.39, 0.29) is 0 Å². The van der Waals surface area contributed by atoms with E-state index in [4.69, 9.17) is 15.7 Å². The summed E-state index contributed by atoms with van der Waals surface area (Å²) in [5, 5.41) is 8.77. The van der Waals surface area contributed by atoms with Crippen LogP contribution >= 0.6 is 0 Å². The number of fused-ring (bicyclic) bond motifs is 1. The van der Waals surface area contributed by atoms with Gasteiger partial charge in [0.05, 0.1) is 6.61 Å². The predicted octanol–water partition coefficient (Wildman–Crippen LogP) is 0.852. The maximum absolute atomic E-state index is 8.77. The largest absolute Gasteiger partial charge is 0.339 e. The first-order chi connectivity index (χ1) is 5.76. The molecule has 1 atom stereocenters. The van der Waals surface area contributed by atoms with Gasteiger partial charge in [-0.15, -0.1) is 0 Å². The van der Waals surface area contributed by atoms with Gasteiger partial charge in [0.1, 0.15) is 6.07 Å². The molecule has 1 aliphatic rings. The van der Waals surface area contributed by atoms with Crippen LogP contribution in [0.1, 0.15) is 11.1 Å². The normalized spacial score (nSPS) is 26.3. The van der Waals surface area contributed by atoms with Gasteiger partial charge in [-0.1, -0.05) is 24.3 Å². The number of benzene rings is 1. The van der Waals surface area contributed by atoms with Crippen molar-refractivity contribution >= 4 is 0 Å². The van der Waals surface area contributed by atoms with E-state index in [0.29, 0.717) is 6.61 Å². The Morgan fingerprint density at radius 3 is 3.00 bits per heavy atom. The maximum atomic E-state index is 8.77. The van der Waals surface area contributed by atoms with Gasteiger partial charge < -0.3 is 4.74 Å². The SMILES string of the molecule is N#CC1(N)OCc2ccccc21. The molecule has 0 saturated carbocycles. The average Bonchev–Trinajstić information content (AvgIpc) is 2.46. The molecule has 2 N–H and O–H groups in total. The van der Waals surface area contributed by atoms with E-state index in [1.165, 1.54) is 0 Å². The van der Waals surface area contributed by atoms with Crippen molar-refractivity contribution in [1.82, 2.24) is 0 Å². The minimum atomic E-state index is -1.23. The van der Waals surface area contributed by atoms with Crippen molar-refractivity contribution in [3.63, 3.8) is 0 Å². The quantitative estimate of drug-likeness (QED) is 0.612. The molecule has 0 aromatic heterocycles. The Labute approximate surface area is 70.4 Å². The van der Waals surface area contributed by atoms with Crippen LogP contribution in [0.25, 0.3) is 0 Å². The van der Waals surface area contributed by atoms with Crippen LogP contribution in [0.4, 0.5) is 0 Å². The standard InChI is InChI=1S/C9H8N2O/c10-6-9(11)8-4-2-1-3-7(8)5-12-9/h1-4H,5,11H2.